The van der Waals surface area contributed by atoms with Gasteiger partial charge in [-0.1, -0.05) is 35.9 Å². The normalized spacial score (nSPS) is 12.2. The Balaban J connectivity index is 1.88. The van der Waals surface area contributed by atoms with Crippen molar-refractivity contribution in [2.75, 3.05) is 0 Å². The summed E-state index contributed by atoms with van der Waals surface area (Å²) in [5, 5.41) is 22.7. The van der Waals surface area contributed by atoms with Gasteiger partial charge in [0.15, 0.2) is 0 Å². The zero-order chi connectivity index (χ0) is 17.8. The largest absolute Gasteiger partial charge is 0.508 e. The standard InChI is InChI=1S/C23H15ClO2/c24-16-4-1-13(2-5-16)23-20-12-18(26)6-3-14(20)10-21-19-8-7-17(25)9-15(19)11-22(21)23/h1-10,12,25-26H,11H2. The van der Waals surface area contributed by atoms with Crippen LogP contribution in [-0.4, -0.2) is 10.2 Å². The van der Waals surface area contributed by atoms with Gasteiger partial charge in [0.1, 0.15) is 11.5 Å². The smallest absolute Gasteiger partial charge is 0.116 e. The van der Waals surface area contributed by atoms with E-state index in [4.69, 9.17) is 11.6 Å². The average Bonchev–Trinajstić information content (AvgIpc) is 2.97. The Morgan fingerprint density at radius 2 is 1.46 bits per heavy atom. The lowest BCUT2D eigenvalue weighted by Crippen LogP contribution is -1.91. The molecule has 0 atom stereocenters. The van der Waals surface area contributed by atoms with Crippen LogP contribution in [0.25, 0.3) is 33.0 Å². The van der Waals surface area contributed by atoms with E-state index in [0.717, 1.165) is 39.4 Å². The van der Waals surface area contributed by atoms with Gasteiger partial charge in [0.25, 0.3) is 0 Å². The van der Waals surface area contributed by atoms with Crippen molar-refractivity contribution in [1.82, 2.24) is 0 Å². The summed E-state index contributed by atoms with van der Waals surface area (Å²) in [6.07, 6.45) is 0.753. The molecule has 126 valence electrons. The van der Waals surface area contributed by atoms with Gasteiger partial charge in [-0.15, -0.1) is 0 Å². The lowest BCUT2D eigenvalue weighted by Gasteiger charge is -2.14. The van der Waals surface area contributed by atoms with E-state index < -0.39 is 0 Å². The molecule has 26 heavy (non-hydrogen) atoms. The molecule has 4 aromatic rings. The number of aromatic hydroxyl groups is 2. The minimum absolute atomic E-state index is 0.251. The number of hydrogen-bond acceptors (Lipinski definition) is 2. The van der Waals surface area contributed by atoms with E-state index >= 15 is 0 Å². The molecule has 0 fully saturated rings. The van der Waals surface area contributed by atoms with Gasteiger partial charge in [0.2, 0.25) is 0 Å². The van der Waals surface area contributed by atoms with Gasteiger partial charge in [-0.25, -0.2) is 0 Å². The number of phenolic OH excluding ortho intramolecular Hbond substituents is 2. The molecule has 3 heteroatoms. The van der Waals surface area contributed by atoms with Crippen LogP contribution in [0, 0.1) is 0 Å². The molecule has 1 aliphatic carbocycles. The van der Waals surface area contributed by atoms with E-state index in [2.05, 4.69) is 6.07 Å². The third-order valence-corrected chi connectivity index (χ3v) is 5.36. The van der Waals surface area contributed by atoms with E-state index in [-0.39, 0.29) is 11.5 Å². The highest BCUT2D eigenvalue weighted by molar-refractivity contribution is 6.30. The van der Waals surface area contributed by atoms with Crippen LogP contribution in [-0.2, 0) is 6.42 Å². The first-order chi connectivity index (χ1) is 12.6. The van der Waals surface area contributed by atoms with Crippen molar-refractivity contribution in [3.63, 3.8) is 0 Å². The number of hydrogen-bond donors (Lipinski definition) is 2. The number of fused-ring (bicyclic) bond motifs is 4. The molecule has 0 aromatic heterocycles. The molecule has 0 saturated heterocycles. The summed E-state index contributed by atoms with van der Waals surface area (Å²) in [6, 6.07) is 21.0. The molecule has 5 rings (SSSR count). The highest BCUT2D eigenvalue weighted by Crippen LogP contribution is 2.46. The van der Waals surface area contributed by atoms with Crippen LogP contribution >= 0.6 is 11.6 Å². The minimum atomic E-state index is 0.251. The maximum atomic E-state index is 10.1. The van der Waals surface area contributed by atoms with Crippen molar-refractivity contribution in [3.8, 4) is 33.8 Å². The SMILES string of the molecule is Oc1ccc2c(c1)Cc1c-2cc2ccc(O)cc2c1-c1ccc(Cl)cc1. The lowest BCUT2D eigenvalue weighted by atomic mass is 9.90. The molecule has 0 spiro atoms. The van der Waals surface area contributed by atoms with Crippen molar-refractivity contribution in [2.45, 2.75) is 6.42 Å². The van der Waals surface area contributed by atoms with Gasteiger partial charge in [-0.2, -0.15) is 0 Å². The van der Waals surface area contributed by atoms with Crippen molar-refractivity contribution < 1.29 is 10.2 Å². The Bertz CT molecular complexity index is 1180. The molecule has 0 saturated carbocycles. The second-order valence-electron chi connectivity index (χ2n) is 6.71. The topological polar surface area (TPSA) is 40.5 Å². The van der Waals surface area contributed by atoms with Gasteiger partial charge in [0.05, 0.1) is 0 Å². The summed E-state index contributed by atoms with van der Waals surface area (Å²) in [5.74, 6) is 0.535. The third kappa shape index (κ3) is 2.27. The van der Waals surface area contributed by atoms with E-state index in [0.29, 0.717) is 5.02 Å². The minimum Gasteiger partial charge on any atom is -0.508 e. The molecule has 0 amide bonds. The van der Waals surface area contributed by atoms with Crippen molar-refractivity contribution in [3.05, 3.63) is 82.9 Å². The average molecular weight is 359 g/mol. The number of benzene rings is 4. The van der Waals surface area contributed by atoms with Crippen molar-refractivity contribution in [1.29, 1.82) is 0 Å². The predicted octanol–water partition coefficient (Wildman–Crippen LogP) is 6.14. The van der Waals surface area contributed by atoms with Gasteiger partial charge < -0.3 is 10.2 Å². The van der Waals surface area contributed by atoms with Crippen LogP contribution in [0.3, 0.4) is 0 Å². The zero-order valence-electron chi connectivity index (χ0n) is 13.8. The van der Waals surface area contributed by atoms with Crippen LogP contribution in [0.4, 0.5) is 0 Å². The molecule has 0 unspecified atom stereocenters. The number of phenols is 2. The number of rotatable bonds is 1. The van der Waals surface area contributed by atoms with Gasteiger partial charge in [-0.3, -0.25) is 0 Å². The number of halogens is 1. The second kappa shape index (κ2) is 5.52. The molecule has 0 bridgehead atoms. The molecule has 0 radical (unpaired) electrons. The fourth-order valence-corrected chi connectivity index (χ4v) is 4.10. The van der Waals surface area contributed by atoms with E-state index in [9.17, 15) is 10.2 Å². The summed E-state index contributed by atoms with van der Waals surface area (Å²) in [7, 11) is 0. The Morgan fingerprint density at radius 1 is 0.731 bits per heavy atom. The van der Waals surface area contributed by atoms with Gasteiger partial charge in [0, 0.05) is 5.02 Å². The fourth-order valence-electron chi connectivity index (χ4n) is 3.98. The molecule has 2 nitrogen and oxygen atoms in total. The summed E-state index contributed by atoms with van der Waals surface area (Å²) >= 11 is 6.08. The van der Waals surface area contributed by atoms with Crippen molar-refractivity contribution >= 4 is 22.4 Å². The molecule has 0 aliphatic heterocycles. The monoisotopic (exact) mass is 358 g/mol. The molecular formula is C23H15ClO2. The quantitative estimate of drug-likeness (QED) is 0.377. The zero-order valence-corrected chi connectivity index (χ0v) is 14.6. The fraction of sp³-hybridized carbons (Fsp3) is 0.0435. The maximum Gasteiger partial charge on any atom is 0.116 e. The van der Waals surface area contributed by atoms with E-state index in [1.165, 1.54) is 11.1 Å². The van der Waals surface area contributed by atoms with Crippen LogP contribution < -0.4 is 0 Å². The highest BCUT2D eigenvalue weighted by atomic mass is 35.5. The molecule has 0 heterocycles. The van der Waals surface area contributed by atoms with Crippen LogP contribution in [0.15, 0.2) is 66.7 Å². The maximum absolute atomic E-state index is 10.1. The van der Waals surface area contributed by atoms with Crippen LogP contribution in [0.2, 0.25) is 5.02 Å². The summed E-state index contributed by atoms with van der Waals surface area (Å²) in [4.78, 5) is 0. The Morgan fingerprint density at radius 3 is 2.27 bits per heavy atom. The summed E-state index contributed by atoms with van der Waals surface area (Å²) in [6.45, 7) is 0. The first-order valence-corrected chi connectivity index (χ1v) is 8.85. The first-order valence-electron chi connectivity index (χ1n) is 8.47. The summed E-state index contributed by atoms with van der Waals surface area (Å²) in [5.41, 5.74) is 6.85. The summed E-state index contributed by atoms with van der Waals surface area (Å²) < 4.78 is 0. The van der Waals surface area contributed by atoms with Crippen LogP contribution in [0.1, 0.15) is 11.1 Å². The third-order valence-electron chi connectivity index (χ3n) is 5.11. The highest BCUT2D eigenvalue weighted by Gasteiger charge is 2.24. The van der Waals surface area contributed by atoms with Crippen LogP contribution in [0.5, 0.6) is 11.5 Å². The molecule has 2 N–H and O–H groups in total. The molecule has 4 aromatic carbocycles. The molecular weight excluding hydrogens is 344 g/mol. The first kappa shape index (κ1) is 15.3. The predicted molar refractivity (Wildman–Crippen MR) is 106 cm³/mol. The van der Waals surface area contributed by atoms with E-state index in [1.54, 1.807) is 12.1 Å². The Kier molecular flexibility index (Phi) is 3.25. The Labute approximate surface area is 155 Å². The Hall–Kier alpha value is -2.97. The second-order valence-corrected chi connectivity index (χ2v) is 7.14. The lowest BCUT2D eigenvalue weighted by molar-refractivity contribution is 0.474. The van der Waals surface area contributed by atoms with E-state index in [1.807, 2.05) is 48.5 Å². The van der Waals surface area contributed by atoms with Crippen molar-refractivity contribution in [2.24, 2.45) is 0 Å². The molecule has 1 aliphatic rings. The van der Waals surface area contributed by atoms with Gasteiger partial charge in [-0.05, 0) is 93.0 Å². The van der Waals surface area contributed by atoms with Gasteiger partial charge >= 0.3 is 0 Å².